The van der Waals surface area contributed by atoms with E-state index in [0.717, 1.165) is 53.4 Å². The maximum Gasteiger partial charge on any atom is 0.252 e. The van der Waals surface area contributed by atoms with Crippen molar-refractivity contribution in [1.29, 1.82) is 0 Å². The summed E-state index contributed by atoms with van der Waals surface area (Å²) in [6.45, 7) is 4.13. The van der Waals surface area contributed by atoms with Crippen molar-refractivity contribution in [2.24, 2.45) is 0 Å². The molecule has 1 N–H and O–H groups in total. The lowest BCUT2D eigenvalue weighted by atomic mass is 10.00. The van der Waals surface area contributed by atoms with E-state index >= 15 is 0 Å². The van der Waals surface area contributed by atoms with E-state index in [-0.39, 0.29) is 11.9 Å². The van der Waals surface area contributed by atoms with Crippen molar-refractivity contribution in [3.05, 3.63) is 41.1 Å². The van der Waals surface area contributed by atoms with E-state index < -0.39 is 0 Å². The predicted octanol–water partition coefficient (Wildman–Crippen LogP) is 3.25. The highest BCUT2D eigenvalue weighted by Crippen LogP contribution is 2.29. The number of nitrogens with one attached hydrogen (secondary N) is 1. The van der Waals surface area contributed by atoms with Crippen LogP contribution in [0.2, 0.25) is 0 Å². The molecule has 104 valence electrons. The van der Waals surface area contributed by atoms with Gasteiger partial charge in [0.1, 0.15) is 0 Å². The second kappa shape index (κ2) is 5.23. The highest BCUT2D eigenvalue weighted by Gasteiger charge is 2.23. The number of fused-ring (bicyclic) bond motifs is 2. The molecule has 1 atom stereocenters. The van der Waals surface area contributed by atoms with E-state index in [9.17, 15) is 4.79 Å². The molecule has 3 heteroatoms. The molecule has 2 aromatic rings. The van der Waals surface area contributed by atoms with Crippen LogP contribution in [-0.2, 0) is 12.8 Å². The minimum Gasteiger partial charge on any atom is -0.350 e. The van der Waals surface area contributed by atoms with Gasteiger partial charge in [-0.15, -0.1) is 0 Å². The zero-order valence-corrected chi connectivity index (χ0v) is 12.1. The van der Waals surface area contributed by atoms with Gasteiger partial charge in [0.25, 0.3) is 5.91 Å². The largest absolute Gasteiger partial charge is 0.350 e. The Hall–Kier alpha value is -1.90. The van der Waals surface area contributed by atoms with Crippen molar-refractivity contribution in [3.63, 3.8) is 0 Å². The third-order valence-electron chi connectivity index (χ3n) is 4.14. The Kier molecular flexibility index (Phi) is 3.43. The van der Waals surface area contributed by atoms with E-state index in [1.54, 1.807) is 0 Å². The van der Waals surface area contributed by atoms with Gasteiger partial charge in [-0.2, -0.15) is 0 Å². The van der Waals surface area contributed by atoms with Gasteiger partial charge in [-0.05, 0) is 44.2 Å². The Morgan fingerprint density at radius 1 is 1.35 bits per heavy atom. The van der Waals surface area contributed by atoms with Crippen LogP contribution in [0, 0.1) is 0 Å². The fourth-order valence-electron chi connectivity index (χ4n) is 2.87. The lowest BCUT2D eigenvalue weighted by Crippen LogP contribution is -2.32. The smallest absolute Gasteiger partial charge is 0.252 e. The van der Waals surface area contributed by atoms with E-state index in [0.29, 0.717) is 0 Å². The normalized spacial score (nSPS) is 15.1. The van der Waals surface area contributed by atoms with Crippen LogP contribution < -0.4 is 5.32 Å². The lowest BCUT2D eigenvalue weighted by molar-refractivity contribution is 0.0940. The zero-order chi connectivity index (χ0) is 14.1. The topological polar surface area (TPSA) is 42.0 Å². The van der Waals surface area contributed by atoms with Gasteiger partial charge in [-0.25, -0.2) is 0 Å². The summed E-state index contributed by atoms with van der Waals surface area (Å²) in [6.07, 6.45) is 4.00. The van der Waals surface area contributed by atoms with Gasteiger partial charge in [-0.1, -0.05) is 25.1 Å². The van der Waals surface area contributed by atoms with Crippen LogP contribution in [0.1, 0.15) is 48.3 Å². The van der Waals surface area contributed by atoms with Crippen LogP contribution in [0.3, 0.4) is 0 Å². The minimum absolute atomic E-state index is 0.0519. The van der Waals surface area contributed by atoms with Gasteiger partial charge in [0.15, 0.2) is 0 Å². The molecule has 0 radical (unpaired) electrons. The number of carbonyl (C=O) groups is 1. The van der Waals surface area contributed by atoms with Crippen molar-refractivity contribution in [2.75, 3.05) is 0 Å². The van der Waals surface area contributed by atoms with Crippen LogP contribution >= 0.6 is 0 Å². The molecule has 1 aliphatic rings. The molecule has 20 heavy (non-hydrogen) atoms. The molecule has 1 aliphatic carbocycles. The summed E-state index contributed by atoms with van der Waals surface area (Å²) >= 11 is 0. The molecule has 1 aromatic heterocycles. The van der Waals surface area contributed by atoms with Gasteiger partial charge in [0.05, 0.1) is 11.1 Å². The first kappa shape index (κ1) is 13.1. The van der Waals surface area contributed by atoms with Crippen LogP contribution in [0.15, 0.2) is 24.3 Å². The summed E-state index contributed by atoms with van der Waals surface area (Å²) in [7, 11) is 0. The van der Waals surface area contributed by atoms with Gasteiger partial charge in [0, 0.05) is 17.1 Å². The number of nitrogens with zero attached hydrogens (tertiary/aromatic N) is 1. The summed E-state index contributed by atoms with van der Waals surface area (Å²) in [5.41, 5.74) is 4.05. The number of rotatable bonds is 3. The van der Waals surface area contributed by atoms with Crippen molar-refractivity contribution >= 4 is 16.8 Å². The number of carbonyl (C=O) groups excluding carboxylic acids is 1. The maximum atomic E-state index is 12.6. The Morgan fingerprint density at radius 3 is 2.95 bits per heavy atom. The first-order chi connectivity index (χ1) is 9.70. The molecule has 0 aliphatic heterocycles. The molecule has 3 rings (SSSR count). The lowest BCUT2D eigenvalue weighted by Gasteiger charge is -2.15. The molecular weight excluding hydrogens is 248 g/mol. The third-order valence-corrected chi connectivity index (χ3v) is 4.14. The van der Waals surface area contributed by atoms with Crippen LogP contribution in [-0.4, -0.2) is 16.9 Å². The van der Waals surface area contributed by atoms with Crippen molar-refractivity contribution in [2.45, 2.75) is 45.6 Å². The predicted molar refractivity (Wildman–Crippen MR) is 81.0 cm³/mol. The number of aromatic nitrogens is 1. The first-order valence-corrected chi connectivity index (χ1v) is 7.42. The SMILES string of the molecule is CCC(C)NC(=O)c1c2c(nc3ccccc13)CCC2. The monoisotopic (exact) mass is 268 g/mol. The van der Waals surface area contributed by atoms with Crippen LogP contribution in [0.4, 0.5) is 0 Å². The number of pyridine rings is 1. The number of aryl methyl sites for hydroxylation is 1. The van der Waals surface area contributed by atoms with Crippen molar-refractivity contribution in [1.82, 2.24) is 10.3 Å². The number of para-hydroxylation sites is 1. The van der Waals surface area contributed by atoms with Gasteiger partial charge in [-0.3, -0.25) is 9.78 Å². The molecule has 0 bridgehead atoms. The standard InChI is InChI=1S/C17H20N2O/c1-3-11(2)18-17(20)16-12-7-4-5-9-14(12)19-15-10-6-8-13(15)16/h4-5,7,9,11H,3,6,8,10H2,1-2H3,(H,18,20). The van der Waals surface area contributed by atoms with Crippen molar-refractivity contribution in [3.8, 4) is 0 Å². The maximum absolute atomic E-state index is 12.6. The molecular formula is C17H20N2O. The highest BCUT2D eigenvalue weighted by atomic mass is 16.1. The molecule has 0 saturated carbocycles. The van der Waals surface area contributed by atoms with Crippen molar-refractivity contribution < 1.29 is 4.79 Å². The van der Waals surface area contributed by atoms with E-state index in [1.807, 2.05) is 31.2 Å². The molecule has 1 aromatic carbocycles. The Morgan fingerprint density at radius 2 is 2.15 bits per heavy atom. The number of amides is 1. The fourth-order valence-corrected chi connectivity index (χ4v) is 2.87. The molecule has 1 amide bonds. The second-order valence-corrected chi connectivity index (χ2v) is 5.57. The minimum atomic E-state index is 0.0519. The van der Waals surface area contributed by atoms with Crippen LogP contribution in [0.5, 0.6) is 0 Å². The van der Waals surface area contributed by atoms with Gasteiger partial charge < -0.3 is 5.32 Å². The summed E-state index contributed by atoms with van der Waals surface area (Å²) in [5, 5.41) is 4.08. The fraction of sp³-hybridized carbons (Fsp3) is 0.412. The number of benzene rings is 1. The Labute approximate surface area is 119 Å². The summed E-state index contributed by atoms with van der Waals surface area (Å²) < 4.78 is 0. The zero-order valence-electron chi connectivity index (χ0n) is 12.1. The summed E-state index contributed by atoms with van der Waals surface area (Å²) in [6, 6.07) is 8.16. The van der Waals surface area contributed by atoms with Gasteiger partial charge in [0.2, 0.25) is 0 Å². The first-order valence-electron chi connectivity index (χ1n) is 7.42. The van der Waals surface area contributed by atoms with E-state index in [1.165, 1.54) is 0 Å². The summed E-state index contributed by atoms with van der Waals surface area (Å²) in [5.74, 6) is 0.0519. The average Bonchev–Trinajstić information content (AvgIpc) is 2.91. The van der Waals surface area contributed by atoms with E-state index in [4.69, 9.17) is 4.98 Å². The Bertz CT molecular complexity index is 663. The summed E-state index contributed by atoms with van der Waals surface area (Å²) in [4.78, 5) is 17.4. The average molecular weight is 268 g/mol. The highest BCUT2D eigenvalue weighted by molar-refractivity contribution is 6.07. The molecule has 0 fully saturated rings. The molecule has 0 saturated heterocycles. The van der Waals surface area contributed by atoms with Crippen LogP contribution in [0.25, 0.3) is 10.9 Å². The Balaban J connectivity index is 2.15. The molecule has 1 heterocycles. The van der Waals surface area contributed by atoms with E-state index in [2.05, 4.69) is 12.2 Å². The molecule has 3 nitrogen and oxygen atoms in total. The number of hydrogen-bond acceptors (Lipinski definition) is 2. The molecule has 0 spiro atoms. The second-order valence-electron chi connectivity index (χ2n) is 5.57. The third kappa shape index (κ3) is 2.17. The quantitative estimate of drug-likeness (QED) is 0.928. The number of hydrogen-bond donors (Lipinski definition) is 1. The molecule has 1 unspecified atom stereocenters. The van der Waals surface area contributed by atoms with Gasteiger partial charge >= 0.3 is 0 Å².